The van der Waals surface area contributed by atoms with Crippen LogP contribution >= 0.6 is 0 Å². The van der Waals surface area contributed by atoms with Crippen LogP contribution in [-0.4, -0.2) is 35.9 Å². The van der Waals surface area contributed by atoms with E-state index in [2.05, 4.69) is 0 Å². The van der Waals surface area contributed by atoms with Gasteiger partial charge in [0.2, 0.25) is 0 Å². The Morgan fingerprint density at radius 1 is 1.47 bits per heavy atom. The molecule has 0 aliphatic carbocycles. The molecular formula is C14H22O5. The number of hydrogen-bond donors (Lipinski definition) is 1. The first-order valence-electron chi connectivity index (χ1n) is 6.37. The molecule has 19 heavy (non-hydrogen) atoms. The molecule has 1 aliphatic rings. The molecule has 0 aromatic heterocycles. The van der Waals surface area contributed by atoms with E-state index < -0.39 is 23.6 Å². The highest BCUT2D eigenvalue weighted by atomic mass is 16.6. The van der Waals surface area contributed by atoms with Gasteiger partial charge in [0.15, 0.2) is 0 Å². The first-order chi connectivity index (χ1) is 8.67. The van der Waals surface area contributed by atoms with Crippen LogP contribution in [0.5, 0.6) is 0 Å². The van der Waals surface area contributed by atoms with Gasteiger partial charge in [0.1, 0.15) is 12.7 Å². The fraction of sp³-hybridized carbons (Fsp3) is 0.714. The number of ether oxygens (including phenoxy) is 2. The molecule has 0 aromatic rings. The van der Waals surface area contributed by atoms with E-state index in [-0.39, 0.29) is 18.5 Å². The van der Waals surface area contributed by atoms with Gasteiger partial charge in [-0.3, -0.25) is 9.59 Å². The van der Waals surface area contributed by atoms with Crippen LogP contribution in [0.1, 0.15) is 34.6 Å². The highest BCUT2D eigenvalue weighted by molar-refractivity contribution is 5.78. The molecular weight excluding hydrogens is 248 g/mol. The van der Waals surface area contributed by atoms with Gasteiger partial charge in [-0.1, -0.05) is 6.92 Å². The maximum atomic E-state index is 11.9. The fourth-order valence-corrected chi connectivity index (χ4v) is 2.23. The van der Waals surface area contributed by atoms with Crippen molar-refractivity contribution in [3.8, 4) is 0 Å². The number of carbonyl (C=O) groups is 2. The first-order valence-corrected chi connectivity index (χ1v) is 6.37. The second-order valence-corrected chi connectivity index (χ2v) is 5.60. The van der Waals surface area contributed by atoms with Gasteiger partial charge < -0.3 is 14.6 Å². The summed E-state index contributed by atoms with van der Waals surface area (Å²) >= 11 is 0. The van der Waals surface area contributed by atoms with Gasteiger partial charge in [0, 0.05) is 12.8 Å². The molecule has 0 bridgehead atoms. The zero-order valence-electron chi connectivity index (χ0n) is 12.1. The molecule has 1 N–H and O–H groups in total. The highest BCUT2D eigenvalue weighted by Gasteiger charge is 2.49. The average Bonchev–Trinajstić information content (AvgIpc) is 2.31. The molecule has 0 saturated carbocycles. The van der Waals surface area contributed by atoms with Crippen LogP contribution in [0.3, 0.4) is 0 Å². The minimum atomic E-state index is -0.897. The third-order valence-electron chi connectivity index (χ3n) is 3.62. The van der Waals surface area contributed by atoms with Crippen LogP contribution in [0.4, 0.5) is 0 Å². The van der Waals surface area contributed by atoms with E-state index in [1.807, 2.05) is 6.92 Å². The van der Waals surface area contributed by atoms with E-state index >= 15 is 0 Å². The number of esters is 2. The van der Waals surface area contributed by atoms with Gasteiger partial charge in [-0.25, -0.2) is 0 Å². The lowest BCUT2D eigenvalue weighted by molar-refractivity contribution is -0.187. The van der Waals surface area contributed by atoms with Crippen molar-refractivity contribution in [2.24, 2.45) is 11.3 Å². The Morgan fingerprint density at radius 2 is 2.05 bits per heavy atom. The van der Waals surface area contributed by atoms with Crippen molar-refractivity contribution in [1.82, 2.24) is 0 Å². The summed E-state index contributed by atoms with van der Waals surface area (Å²) in [6.45, 7) is 8.45. The summed E-state index contributed by atoms with van der Waals surface area (Å²) in [5, 5.41) is 10.2. The van der Waals surface area contributed by atoms with E-state index in [0.717, 1.165) is 5.57 Å². The molecule has 3 unspecified atom stereocenters. The SMILES string of the molecule is CC(=O)OCC=C(C)C1OC(=O)C(C)(C)C(O)C1C. The lowest BCUT2D eigenvalue weighted by atomic mass is 9.74. The lowest BCUT2D eigenvalue weighted by Gasteiger charge is -2.42. The molecule has 5 nitrogen and oxygen atoms in total. The van der Waals surface area contributed by atoms with Crippen molar-refractivity contribution in [3.05, 3.63) is 11.6 Å². The van der Waals surface area contributed by atoms with Crippen molar-refractivity contribution in [2.45, 2.75) is 46.8 Å². The largest absolute Gasteiger partial charge is 0.462 e. The van der Waals surface area contributed by atoms with Gasteiger partial charge >= 0.3 is 11.9 Å². The third kappa shape index (κ3) is 3.35. The summed E-state index contributed by atoms with van der Waals surface area (Å²) in [4.78, 5) is 22.6. The Kier molecular flexibility index (Phi) is 4.74. The van der Waals surface area contributed by atoms with Crippen LogP contribution in [0, 0.1) is 11.3 Å². The van der Waals surface area contributed by atoms with Gasteiger partial charge in [-0.15, -0.1) is 0 Å². The summed E-state index contributed by atoms with van der Waals surface area (Å²) in [6, 6.07) is 0. The molecule has 1 fully saturated rings. The number of aliphatic hydroxyl groups is 1. The molecule has 0 radical (unpaired) electrons. The van der Waals surface area contributed by atoms with E-state index in [1.165, 1.54) is 6.92 Å². The predicted molar refractivity (Wildman–Crippen MR) is 69.2 cm³/mol. The van der Waals surface area contributed by atoms with Crippen molar-refractivity contribution in [3.63, 3.8) is 0 Å². The second kappa shape index (κ2) is 5.74. The number of rotatable bonds is 3. The molecule has 3 atom stereocenters. The molecule has 0 amide bonds. The van der Waals surface area contributed by atoms with Crippen LogP contribution in [-0.2, 0) is 19.1 Å². The number of carbonyl (C=O) groups excluding carboxylic acids is 2. The molecule has 1 rings (SSSR count). The van der Waals surface area contributed by atoms with Crippen LogP contribution < -0.4 is 0 Å². The summed E-state index contributed by atoms with van der Waals surface area (Å²) in [5.41, 5.74) is -0.122. The van der Waals surface area contributed by atoms with Gasteiger partial charge in [-0.2, -0.15) is 0 Å². The molecule has 1 saturated heterocycles. The highest BCUT2D eigenvalue weighted by Crippen LogP contribution is 2.37. The lowest BCUT2D eigenvalue weighted by Crippen LogP contribution is -2.53. The summed E-state index contributed by atoms with van der Waals surface area (Å²) < 4.78 is 10.2. The molecule has 0 aromatic carbocycles. The Morgan fingerprint density at radius 3 is 2.58 bits per heavy atom. The number of hydrogen-bond acceptors (Lipinski definition) is 5. The van der Waals surface area contributed by atoms with Crippen LogP contribution in [0.2, 0.25) is 0 Å². The maximum absolute atomic E-state index is 11.9. The minimum absolute atomic E-state index is 0.140. The molecule has 0 spiro atoms. The van der Waals surface area contributed by atoms with E-state index in [9.17, 15) is 14.7 Å². The molecule has 108 valence electrons. The van der Waals surface area contributed by atoms with Crippen molar-refractivity contribution in [2.75, 3.05) is 6.61 Å². The zero-order chi connectivity index (χ0) is 14.8. The first kappa shape index (κ1) is 15.7. The van der Waals surface area contributed by atoms with E-state index in [4.69, 9.17) is 9.47 Å². The monoisotopic (exact) mass is 270 g/mol. The zero-order valence-corrected chi connectivity index (χ0v) is 12.1. The summed E-state index contributed by atoms with van der Waals surface area (Å²) in [5.74, 6) is -0.983. The van der Waals surface area contributed by atoms with E-state index in [1.54, 1.807) is 26.8 Å². The summed E-state index contributed by atoms with van der Waals surface area (Å²) in [6.07, 6.45) is 0.447. The van der Waals surface area contributed by atoms with Gasteiger partial charge in [0.05, 0.1) is 11.5 Å². The molecule has 5 heteroatoms. The Labute approximate surface area is 113 Å². The quantitative estimate of drug-likeness (QED) is 0.620. The Bertz CT molecular complexity index is 397. The number of cyclic esters (lactones) is 1. The molecule has 1 heterocycles. The fourth-order valence-electron chi connectivity index (χ4n) is 2.23. The smallest absolute Gasteiger partial charge is 0.314 e. The van der Waals surface area contributed by atoms with Crippen LogP contribution in [0.25, 0.3) is 0 Å². The Balaban J connectivity index is 2.79. The Hall–Kier alpha value is -1.36. The van der Waals surface area contributed by atoms with Crippen molar-refractivity contribution >= 4 is 11.9 Å². The van der Waals surface area contributed by atoms with E-state index in [0.29, 0.717) is 0 Å². The van der Waals surface area contributed by atoms with Crippen molar-refractivity contribution < 1.29 is 24.2 Å². The van der Waals surface area contributed by atoms with Crippen molar-refractivity contribution in [1.29, 1.82) is 0 Å². The minimum Gasteiger partial charge on any atom is -0.462 e. The summed E-state index contributed by atoms with van der Waals surface area (Å²) in [7, 11) is 0. The second-order valence-electron chi connectivity index (χ2n) is 5.60. The standard InChI is InChI=1S/C14H22O5/c1-8(6-7-18-10(3)15)11-9(2)12(16)14(4,5)13(17)19-11/h6,9,11-12,16H,7H2,1-5H3. The normalized spacial score (nSPS) is 30.7. The third-order valence-corrected chi connectivity index (χ3v) is 3.62. The average molecular weight is 270 g/mol. The topological polar surface area (TPSA) is 72.8 Å². The van der Waals surface area contributed by atoms with Gasteiger partial charge in [0.25, 0.3) is 0 Å². The predicted octanol–water partition coefficient (Wildman–Crippen LogP) is 1.44. The van der Waals surface area contributed by atoms with Crippen LogP contribution in [0.15, 0.2) is 11.6 Å². The molecule has 1 aliphatic heterocycles. The van der Waals surface area contributed by atoms with Gasteiger partial charge in [-0.05, 0) is 32.4 Å². The number of aliphatic hydroxyl groups excluding tert-OH is 1. The maximum Gasteiger partial charge on any atom is 0.314 e.